The first kappa shape index (κ1) is 14.1. The molecule has 0 heterocycles. The Labute approximate surface area is 111 Å². The second-order valence-corrected chi connectivity index (χ2v) is 4.84. The van der Waals surface area contributed by atoms with E-state index >= 15 is 0 Å². The van der Waals surface area contributed by atoms with Crippen molar-refractivity contribution in [1.82, 2.24) is 5.32 Å². The van der Waals surface area contributed by atoms with Gasteiger partial charge < -0.3 is 10.1 Å². The van der Waals surface area contributed by atoms with Crippen molar-refractivity contribution in [2.24, 2.45) is 0 Å². The number of ether oxygens (including phenoxy) is 1. The zero-order valence-corrected chi connectivity index (χ0v) is 11.5. The Hall–Kier alpha value is -0.930. The second-order valence-electron chi connectivity index (χ2n) is 4.00. The van der Waals surface area contributed by atoms with Gasteiger partial charge in [-0.1, -0.05) is 23.2 Å². The van der Waals surface area contributed by atoms with Crippen molar-refractivity contribution >= 4 is 29.1 Å². The molecule has 1 N–H and O–H groups in total. The predicted octanol–water partition coefficient (Wildman–Crippen LogP) is 3.29. The molecule has 0 aliphatic heterocycles. The van der Waals surface area contributed by atoms with Crippen molar-refractivity contribution in [1.29, 1.82) is 0 Å². The molecule has 17 heavy (non-hydrogen) atoms. The molecule has 1 aromatic rings. The molecule has 0 aromatic heterocycles. The average molecular weight is 276 g/mol. The van der Waals surface area contributed by atoms with Crippen molar-refractivity contribution in [2.75, 3.05) is 0 Å². The lowest BCUT2D eigenvalue weighted by Gasteiger charge is -2.17. The molecule has 1 aromatic carbocycles. The minimum atomic E-state index is -0.601. The third-order valence-corrected chi connectivity index (χ3v) is 2.53. The van der Waals surface area contributed by atoms with Crippen LogP contribution in [0.2, 0.25) is 10.0 Å². The van der Waals surface area contributed by atoms with E-state index in [4.69, 9.17) is 27.9 Å². The van der Waals surface area contributed by atoms with Crippen LogP contribution in [0.3, 0.4) is 0 Å². The van der Waals surface area contributed by atoms with Crippen LogP contribution in [-0.2, 0) is 4.79 Å². The number of hydrogen-bond acceptors (Lipinski definition) is 2. The van der Waals surface area contributed by atoms with Crippen LogP contribution in [-0.4, -0.2) is 18.1 Å². The Morgan fingerprint density at radius 1 is 1.29 bits per heavy atom. The van der Waals surface area contributed by atoms with Crippen molar-refractivity contribution in [2.45, 2.75) is 32.9 Å². The molecule has 1 amide bonds. The molecule has 1 atom stereocenters. The van der Waals surface area contributed by atoms with E-state index in [1.54, 1.807) is 25.1 Å². The highest BCUT2D eigenvalue weighted by atomic mass is 35.5. The molecular weight excluding hydrogens is 261 g/mol. The first-order valence-corrected chi connectivity index (χ1v) is 6.08. The highest BCUT2D eigenvalue weighted by Crippen LogP contribution is 2.28. The molecule has 0 bridgehead atoms. The number of halogens is 2. The summed E-state index contributed by atoms with van der Waals surface area (Å²) in [5.74, 6) is 0.272. The zero-order valence-electron chi connectivity index (χ0n) is 9.96. The quantitative estimate of drug-likeness (QED) is 0.916. The highest BCUT2D eigenvalue weighted by Gasteiger charge is 2.16. The maximum atomic E-state index is 11.6. The lowest BCUT2D eigenvalue weighted by Crippen LogP contribution is -2.40. The van der Waals surface area contributed by atoms with Gasteiger partial charge in [0.05, 0.1) is 5.02 Å². The number of carbonyl (C=O) groups excluding carboxylic acids is 1. The molecule has 0 saturated heterocycles. The van der Waals surface area contributed by atoms with Gasteiger partial charge in [-0.2, -0.15) is 0 Å². The maximum absolute atomic E-state index is 11.6. The van der Waals surface area contributed by atoms with Gasteiger partial charge in [0.15, 0.2) is 6.10 Å². The fraction of sp³-hybridized carbons (Fsp3) is 0.417. The summed E-state index contributed by atoms with van der Waals surface area (Å²) >= 11 is 11.7. The van der Waals surface area contributed by atoms with Gasteiger partial charge in [0, 0.05) is 11.1 Å². The van der Waals surface area contributed by atoms with Crippen molar-refractivity contribution in [3.63, 3.8) is 0 Å². The van der Waals surface area contributed by atoms with Crippen LogP contribution >= 0.6 is 23.2 Å². The van der Waals surface area contributed by atoms with Crippen LogP contribution in [0.5, 0.6) is 5.75 Å². The van der Waals surface area contributed by atoms with Crippen LogP contribution in [0.1, 0.15) is 20.8 Å². The molecule has 3 nitrogen and oxygen atoms in total. The van der Waals surface area contributed by atoms with Crippen LogP contribution in [0.4, 0.5) is 0 Å². The third kappa shape index (κ3) is 4.44. The number of rotatable bonds is 4. The van der Waals surface area contributed by atoms with E-state index in [-0.39, 0.29) is 11.9 Å². The minimum absolute atomic E-state index is 0.0780. The number of hydrogen-bond donors (Lipinski definition) is 1. The Kier molecular flexibility index (Phi) is 5.09. The topological polar surface area (TPSA) is 38.3 Å². The summed E-state index contributed by atoms with van der Waals surface area (Å²) in [6, 6.07) is 4.96. The Morgan fingerprint density at radius 2 is 1.94 bits per heavy atom. The predicted molar refractivity (Wildman–Crippen MR) is 69.8 cm³/mol. The first-order valence-electron chi connectivity index (χ1n) is 5.32. The van der Waals surface area contributed by atoms with E-state index in [9.17, 15) is 4.79 Å². The van der Waals surface area contributed by atoms with Crippen molar-refractivity contribution in [3.8, 4) is 5.75 Å². The lowest BCUT2D eigenvalue weighted by molar-refractivity contribution is -0.127. The minimum Gasteiger partial charge on any atom is -0.479 e. The lowest BCUT2D eigenvalue weighted by atomic mass is 10.3. The van der Waals surface area contributed by atoms with Crippen LogP contribution in [0.15, 0.2) is 18.2 Å². The molecule has 0 aliphatic rings. The van der Waals surface area contributed by atoms with Crippen molar-refractivity contribution < 1.29 is 9.53 Å². The maximum Gasteiger partial charge on any atom is 0.260 e. The molecule has 94 valence electrons. The second kappa shape index (κ2) is 6.12. The molecule has 0 spiro atoms. The first-order chi connectivity index (χ1) is 7.90. The molecular formula is C12H15Cl2NO2. The van der Waals surface area contributed by atoms with E-state index < -0.39 is 6.10 Å². The average Bonchev–Trinajstić information content (AvgIpc) is 2.21. The van der Waals surface area contributed by atoms with E-state index in [0.29, 0.717) is 15.8 Å². The van der Waals surface area contributed by atoms with Gasteiger partial charge in [-0.3, -0.25) is 4.79 Å². The van der Waals surface area contributed by atoms with Crippen molar-refractivity contribution in [3.05, 3.63) is 28.2 Å². The monoisotopic (exact) mass is 275 g/mol. The van der Waals surface area contributed by atoms with Gasteiger partial charge in [0.25, 0.3) is 5.91 Å². The Morgan fingerprint density at radius 3 is 2.47 bits per heavy atom. The molecule has 1 rings (SSSR count). The van der Waals surface area contributed by atoms with E-state index in [0.717, 1.165) is 0 Å². The van der Waals surface area contributed by atoms with Gasteiger partial charge in [-0.15, -0.1) is 0 Å². The van der Waals surface area contributed by atoms with Crippen LogP contribution in [0, 0.1) is 0 Å². The standard InChI is InChI=1S/C12H15Cl2NO2/c1-7(2)15-12(16)8(3)17-11-5-4-9(13)6-10(11)14/h4-8H,1-3H3,(H,15,16)/t8-/m1/s1. The summed E-state index contributed by atoms with van der Waals surface area (Å²) in [6.45, 7) is 5.45. The Balaban J connectivity index is 2.67. The molecule has 0 unspecified atom stereocenters. The van der Waals surface area contributed by atoms with E-state index in [1.807, 2.05) is 13.8 Å². The number of benzene rings is 1. The van der Waals surface area contributed by atoms with Crippen LogP contribution in [0.25, 0.3) is 0 Å². The molecule has 0 radical (unpaired) electrons. The van der Waals surface area contributed by atoms with Gasteiger partial charge >= 0.3 is 0 Å². The summed E-state index contributed by atoms with van der Waals surface area (Å²) in [6.07, 6.45) is -0.601. The summed E-state index contributed by atoms with van der Waals surface area (Å²) < 4.78 is 5.46. The summed E-state index contributed by atoms with van der Waals surface area (Å²) in [5, 5.41) is 3.68. The fourth-order valence-corrected chi connectivity index (χ4v) is 1.67. The number of nitrogens with one attached hydrogen (secondary N) is 1. The smallest absolute Gasteiger partial charge is 0.260 e. The van der Waals surface area contributed by atoms with Gasteiger partial charge in [-0.05, 0) is 39.0 Å². The molecule has 0 aliphatic carbocycles. The highest BCUT2D eigenvalue weighted by molar-refractivity contribution is 6.35. The largest absolute Gasteiger partial charge is 0.479 e. The normalized spacial score (nSPS) is 12.4. The molecule has 5 heteroatoms. The van der Waals surface area contributed by atoms with Gasteiger partial charge in [0.2, 0.25) is 0 Å². The van der Waals surface area contributed by atoms with E-state index in [2.05, 4.69) is 5.32 Å². The van der Waals surface area contributed by atoms with Crippen LogP contribution < -0.4 is 10.1 Å². The zero-order chi connectivity index (χ0) is 13.0. The molecule has 0 fully saturated rings. The van der Waals surface area contributed by atoms with E-state index in [1.165, 1.54) is 0 Å². The SMILES string of the molecule is CC(C)NC(=O)[C@@H](C)Oc1ccc(Cl)cc1Cl. The summed E-state index contributed by atoms with van der Waals surface area (Å²) in [7, 11) is 0. The third-order valence-electron chi connectivity index (χ3n) is 2.00. The molecule has 0 saturated carbocycles. The number of amides is 1. The van der Waals surface area contributed by atoms with Gasteiger partial charge in [0.1, 0.15) is 5.75 Å². The Bertz CT molecular complexity index is 407. The van der Waals surface area contributed by atoms with Gasteiger partial charge in [-0.25, -0.2) is 0 Å². The summed E-state index contributed by atoms with van der Waals surface area (Å²) in [5.41, 5.74) is 0. The summed E-state index contributed by atoms with van der Waals surface area (Å²) in [4.78, 5) is 11.6. The fourth-order valence-electron chi connectivity index (χ4n) is 1.22. The number of carbonyl (C=O) groups is 1.